The number of hydrogen-bond donors (Lipinski definition) is 1. The highest BCUT2D eigenvalue weighted by Gasteiger charge is 2.03. The fourth-order valence-electron chi connectivity index (χ4n) is 1.60. The van der Waals surface area contributed by atoms with Crippen molar-refractivity contribution in [1.82, 2.24) is 4.90 Å². The third-order valence-electron chi connectivity index (χ3n) is 2.77. The first-order valence-corrected chi connectivity index (χ1v) is 6.00. The van der Waals surface area contributed by atoms with Crippen LogP contribution in [0.5, 0.6) is 0 Å². The summed E-state index contributed by atoms with van der Waals surface area (Å²) in [5.74, 6) is 0.827. The zero-order valence-electron chi connectivity index (χ0n) is 10.4. The monoisotopic (exact) mass is 200 g/mol. The maximum absolute atomic E-state index is 5.70. The number of hydrogen-bond acceptors (Lipinski definition) is 2. The summed E-state index contributed by atoms with van der Waals surface area (Å²) in [5.41, 5.74) is 5.70. The second-order valence-corrected chi connectivity index (χ2v) is 4.75. The molecule has 0 radical (unpaired) electrons. The Balaban J connectivity index is 3.30. The second-order valence-electron chi connectivity index (χ2n) is 4.75. The van der Waals surface area contributed by atoms with Crippen LogP contribution in [0.3, 0.4) is 0 Å². The van der Waals surface area contributed by atoms with Crippen molar-refractivity contribution in [3.05, 3.63) is 0 Å². The molecular weight excluding hydrogens is 172 g/mol. The molecule has 0 bridgehead atoms. The number of nitrogens with zero attached hydrogens (tertiary/aromatic N) is 1. The van der Waals surface area contributed by atoms with Crippen LogP contribution in [-0.4, -0.2) is 31.1 Å². The van der Waals surface area contributed by atoms with Crippen LogP contribution in [-0.2, 0) is 0 Å². The summed E-state index contributed by atoms with van der Waals surface area (Å²) < 4.78 is 0. The molecule has 0 heterocycles. The minimum atomic E-state index is 0.370. The lowest BCUT2D eigenvalue weighted by atomic mass is 10.1. The van der Waals surface area contributed by atoms with Crippen molar-refractivity contribution < 1.29 is 0 Å². The molecule has 86 valence electrons. The first-order valence-electron chi connectivity index (χ1n) is 6.00. The molecule has 0 saturated heterocycles. The van der Waals surface area contributed by atoms with E-state index in [9.17, 15) is 0 Å². The summed E-state index contributed by atoms with van der Waals surface area (Å²) in [6.07, 6.45) is 5.00. The van der Waals surface area contributed by atoms with E-state index in [1.165, 1.54) is 32.4 Å². The largest absolute Gasteiger partial charge is 0.328 e. The van der Waals surface area contributed by atoms with Gasteiger partial charge in [0.05, 0.1) is 0 Å². The molecule has 0 spiro atoms. The zero-order valence-corrected chi connectivity index (χ0v) is 10.4. The van der Waals surface area contributed by atoms with Gasteiger partial charge in [0.25, 0.3) is 0 Å². The van der Waals surface area contributed by atoms with Gasteiger partial charge in [0.1, 0.15) is 0 Å². The van der Waals surface area contributed by atoms with E-state index in [0.717, 1.165) is 12.3 Å². The molecule has 0 amide bonds. The lowest BCUT2D eigenvalue weighted by Gasteiger charge is -2.20. The topological polar surface area (TPSA) is 29.3 Å². The van der Waals surface area contributed by atoms with Crippen molar-refractivity contribution >= 4 is 0 Å². The van der Waals surface area contributed by atoms with Gasteiger partial charge in [-0.25, -0.2) is 0 Å². The summed E-state index contributed by atoms with van der Waals surface area (Å²) in [7, 11) is 2.22. The average molecular weight is 200 g/mol. The predicted molar refractivity (Wildman–Crippen MR) is 64.5 cm³/mol. The van der Waals surface area contributed by atoms with E-state index in [0.29, 0.717) is 6.04 Å². The van der Waals surface area contributed by atoms with Crippen molar-refractivity contribution in [3.63, 3.8) is 0 Å². The van der Waals surface area contributed by atoms with E-state index >= 15 is 0 Å². The fraction of sp³-hybridized carbons (Fsp3) is 1.00. The Morgan fingerprint density at radius 2 is 1.86 bits per heavy atom. The molecule has 0 fully saturated rings. The van der Waals surface area contributed by atoms with Crippen LogP contribution >= 0.6 is 0 Å². The van der Waals surface area contributed by atoms with Crippen LogP contribution in [0.1, 0.15) is 46.5 Å². The molecule has 0 aliphatic heterocycles. The van der Waals surface area contributed by atoms with Crippen molar-refractivity contribution in [2.24, 2.45) is 11.7 Å². The summed E-state index contributed by atoms with van der Waals surface area (Å²) in [6.45, 7) is 9.11. The van der Waals surface area contributed by atoms with Crippen LogP contribution < -0.4 is 5.73 Å². The van der Waals surface area contributed by atoms with Crippen molar-refractivity contribution in [2.75, 3.05) is 20.1 Å². The molecule has 0 aliphatic carbocycles. The van der Waals surface area contributed by atoms with E-state index < -0.39 is 0 Å². The fourth-order valence-corrected chi connectivity index (χ4v) is 1.60. The molecule has 0 saturated carbocycles. The number of nitrogens with two attached hydrogens (primary N) is 1. The highest BCUT2D eigenvalue weighted by atomic mass is 15.1. The van der Waals surface area contributed by atoms with Gasteiger partial charge in [-0.3, -0.25) is 0 Å². The van der Waals surface area contributed by atoms with Gasteiger partial charge in [0.2, 0.25) is 0 Å². The lowest BCUT2D eigenvalue weighted by molar-refractivity contribution is 0.275. The number of unbranched alkanes of at least 4 members (excludes halogenated alkanes) is 1. The molecule has 0 aliphatic rings. The Morgan fingerprint density at radius 1 is 1.21 bits per heavy atom. The molecule has 2 atom stereocenters. The second kappa shape index (κ2) is 8.25. The van der Waals surface area contributed by atoms with E-state index in [2.05, 4.69) is 32.7 Å². The molecule has 0 aromatic rings. The Morgan fingerprint density at radius 3 is 2.36 bits per heavy atom. The highest BCUT2D eigenvalue weighted by Crippen LogP contribution is 2.05. The predicted octanol–water partition coefficient (Wildman–Crippen LogP) is 2.48. The third-order valence-corrected chi connectivity index (χ3v) is 2.77. The lowest BCUT2D eigenvalue weighted by Crippen LogP contribution is -2.25. The molecule has 0 aromatic carbocycles. The molecule has 2 heteroatoms. The first kappa shape index (κ1) is 13.9. The van der Waals surface area contributed by atoms with E-state index in [1.807, 2.05) is 0 Å². The first-order chi connectivity index (χ1) is 6.56. The summed E-state index contributed by atoms with van der Waals surface area (Å²) in [5, 5.41) is 0. The van der Waals surface area contributed by atoms with Gasteiger partial charge >= 0.3 is 0 Å². The Labute approximate surface area is 89.9 Å². The van der Waals surface area contributed by atoms with Crippen molar-refractivity contribution in [2.45, 2.75) is 52.5 Å². The van der Waals surface area contributed by atoms with Crippen LogP contribution in [0.4, 0.5) is 0 Å². The van der Waals surface area contributed by atoms with E-state index in [4.69, 9.17) is 5.73 Å². The summed E-state index contributed by atoms with van der Waals surface area (Å²) in [4.78, 5) is 2.44. The quantitative estimate of drug-likeness (QED) is 0.610. The van der Waals surface area contributed by atoms with Gasteiger partial charge in [-0.1, -0.05) is 26.7 Å². The van der Waals surface area contributed by atoms with Crippen molar-refractivity contribution in [3.8, 4) is 0 Å². The molecule has 2 N–H and O–H groups in total. The van der Waals surface area contributed by atoms with Crippen LogP contribution in [0.2, 0.25) is 0 Å². The third kappa shape index (κ3) is 8.52. The van der Waals surface area contributed by atoms with Gasteiger partial charge in [-0.05, 0) is 39.3 Å². The molecular formula is C12H28N2. The molecule has 14 heavy (non-hydrogen) atoms. The van der Waals surface area contributed by atoms with Gasteiger partial charge < -0.3 is 10.6 Å². The zero-order chi connectivity index (χ0) is 11.0. The Kier molecular flexibility index (Phi) is 8.20. The Bertz CT molecular complexity index is 123. The van der Waals surface area contributed by atoms with Crippen molar-refractivity contribution in [1.29, 1.82) is 0 Å². The highest BCUT2D eigenvalue weighted by molar-refractivity contribution is 4.59. The molecule has 2 nitrogen and oxygen atoms in total. The molecule has 0 aromatic heterocycles. The summed E-state index contributed by atoms with van der Waals surface area (Å²) >= 11 is 0. The van der Waals surface area contributed by atoms with Gasteiger partial charge in [0, 0.05) is 12.6 Å². The van der Waals surface area contributed by atoms with Crippen LogP contribution in [0, 0.1) is 5.92 Å². The molecule has 0 rings (SSSR count). The number of rotatable bonds is 8. The van der Waals surface area contributed by atoms with E-state index in [-0.39, 0.29) is 0 Å². The smallest absolute Gasteiger partial charge is 0.00104 e. The minimum absolute atomic E-state index is 0.370. The average Bonchev–Trinajstić information content (AvgIpc) is 2.12. The van der Waals surface area contributed by atoms with Crippen LogP contribution in [0.15, 0.2) is 0 Å². The summed E-state index contributed by atoms with van der Waals surface area (Å²) in [6, 6.07) is 0.370. The Hall–Kier alpha value is -0.0800. The minimum Gasteiger partial charge on any atom is -0.328 e. The normalized spacial score (nSPS) is 15.9. The van der Waals surface area contributed by atoms with Gasteiger partial charge in [-0.15, -0.1) is 0 Å². The maximum Gasteiger partial charge on any atom is 0.00104 e. The maximum atomic E-state index is 5.70. The SMILES string of the molecule is CCC(C)CN(C)CCCCC(C)N. The van der Waals surface area contributed by atoms with E-state index in [1.54, 1.807) is 0 Å². The van der Waals surface area contributed by atoms with Gasteiger partial charge in [0.15, 0.2) is 0 Å². The standard InChI is InChI=1S/C12H28N2/c1-5-11(2)10-14(4)9-7-6-8-12(3)13/h11-12H,5-10,13H2,1-4H3. The van der Waals surface area contributed by atoms with Crippen LogP contribution in [0.25, 0.3) is 0 Å². The molecule has 2 unspecified atom stereocenters. The van der Waals surface area contributed by atoms with Gasteiger partial charge in [-0.2, -0.15) is 0 Å².